The molecule has 6 heteroatoms. The Morgan fingerprint density at radius 3 is 2.88 bits per heavy atom. The fraction of sp³-hybridized carbons (Fsp3) is 0.444. The lowest BCUT2D eigenvalue weighted by atomic mass is 10.1. The van der Waals surface area contributed by atoms with Crippen LogP contribution in [0.4, 0.5) is 0 Å². The van der Waals surface area contributed by atoms with Crippen LogP contribution < -0.4 is 11.1 Å². The number of carbonyl (C=O) groups is 1. The average molecular weight is 328 g/mol. The number of hydrogen-bond acceptors (Lipinski definition) is 4. The summed E-state index contributed by atoms with van der Waals surface area (Å²) < 4.78 is 5.66. The molecule has 0 radical (unpaired) electrons. The highest BCUT2D eigenvalue weighted by Gasteiger charge is 2.31. The van der Waals surface area contributed by atoms with Crippen molar-refractivity contribution in [3.05, 3.63) is 42.4 Å². The van der Waals surface area contributed by atoms with E-state index in [1.54, 1.807) is 6.20 Å². The normalized spacial score (nSPS) is 21.6. The number of imidazole rings is 1. The van der Waals surface area contributed by atoms with E-state index in [1.165, 1.54) is 0 Å². The lowest BCUT2D eigenvalue weighted by Gasteiger charge is -2.18. The molecule has 1 aromatic heterocycles. The summed E-state index contributed by atoms with van der Waals surface area (Å²) in [6, 6.07) is 9.84. The molecule has 0 aliphatic carbocycles. The number of benzene rings is 1. The fourth-order valence-electron chi connectivity index (χ4n) is 2.98. The first-order chi connectivity index (χ1) is 11.7. The van der Waals surface area contributed by atoms with Crippen LogP contribution in [0.1, 0.15) is 38.1 Å². The molecule has 6 nitrogen and oxygen atoms in total. The van der Waals surface area contributed by atoms with Crippen molar-refractivity contribution < 1.29 is 9.53 Å². The third-order valence-electron chi connectivity index (χ3n) is 4.40. The van der Waals surface area contributed by atoms with Gasteiger partial charge in [0.15, 0.2) is 0 Å². The summed E-state index contributed by atoms with van der Waals surface area (Å²) in [4.78, 5) is 20.2. The van der Waals surface area contributed by atoms with Gasteiger partial charge >= 0.3 is 0 Å². The molecular formula is C18H24N4O2. The summed E-state index contributed by atoms with van der Waals surface area (Å²) in [5.74, 6) is 0.675. The van der Waals surface area contributed by atoms with Crippen LogP contribution in [0.5, 0.6) is 0 Å². The molecule has 1 amide bonds. The molecule has 0 saturated carbocycles. The van der Waals surface area contributed by atoms with Crippen molar-refractivity contribution in [1.82, 2.24) is 15.3 Å². The van der Waals surface area contributed by atoms with Crippen LogP contribution in [0, 0.1) is 0 Å². The summed E-state index contributed by atoms with van der Waals surface area (Å²) in [5, 5.41) is 3.04. The van der Waals surface area contributed by atoms with Gasteiger partial charge in [-0.25, -0.2) is 4.98 Å². The molecular weight excluding hydrogens is 304 g/mol. The first-order valence-corrected chi connectivity index (χ1v) is 8.47. The monoisotopic (exact) mass is 328 g/mol. The van der Waals surface area contributed by atoms with Crippen LogP contribution in [-0.4, -0.2) is 34.6 Å². The molecule has 4 N–H and O–H groups in total. The summed E-state index contributed by atoms with van der Waals surface area (Å²) in [6.07, 6.45) is 3.70. The second-order valence-electron chi connectivity index (χ2n) is 6.08. The molecule has 3 atom stereocenters. The van der Waals surface area contributed by atoms with Crippen LogP contribution in [0.25, 0.3) is 11.3 Å². The van der Waals surface area contributed by atoms with Crippen LogP contribution in [0.2, 0.25) is 0 Å². The Morgan fingerprint density at radius 1 is 1.42 bits per heavy atom. The third-order valence-corrected chi connectivity index (χ3v) is 4.40. The van der Waals surface area contributed by atoms with Crippen molar-refractivity contribution in [3.63, 3.8) is 0 Å². The molecule has 0 bridgehead atoms. The van der Waals surface area contributed by atoms with E-state index in [0.717, 1.165) is 36.3 Å². The largest absolute Gasteiger partial charge is 0.364 e. The Balaban J connectivity index is 1.66. The van der Waals surface area contributed by atoms with Gasteiger partial charge in [-0.05, 0) is 24.8 Å². The first kappa shape index (κ1) is 16.7. The summed E-state index contributed by atoms with van der Waals surface area (Å²) >= 11 is 0. The van der Waals surface area contributed by atoms with Crippen molar-refractivity contribution in [2.45, 2.75) is 44.4 Å². The number of nitrogens with two attached hydrogens (primary N) is 1. The van der Waals surface area contributed by atoms with Crippen LogP contribution in [0.3, 0.4) is 0 Å². The van der Waals surface area contributed by atoms with Crippen molar-refractivity contribution in [2.24, 2.45) is 5.73 Å². The van der Waals surface area contributed by atoms with Crippen LogP contribution in [0.15, 0.2) is 36.5 Å². The number of hydrogen-bond donors (Lipinski definition) is 3. The maximum absolute atomic E-state index is 12.4. The van der Waals surface area contributed by atoms with E-state index in [9.17, 15) is 4.79 Å². The van der Waals surface area contributed by atoms with Gasteiger partial charge < -0.3 is 20.8 Å². The zero-order valence-electron chi connectivity index (χ0n) is 13.9. The number of ether oxygens (including phenoxy) is 1. The second kappa shape index (κ2) is 7.59. The van der Waals surface area contributed by atoms with Gasteiger partial charge in [0, 0.05) is 6.54 Å². The lowest BCUT2D eigenvalue weighted by Crippen LogP contribution is -2.38. The zero-order chi connectivity index (χ0) is 16.9. The molecule has 1 aliphatic heterocycles. The molecule has 3 rings (SSSR count). The van der Waals surface area contributed by atoms with Crippen molar-refractivity contribution in [2.75, 3.05) is 6.54 Å². The molecule has 1 saturated heterocycles. The van der Waals surface area contributed by atoms with E-state index in [4.69, 9.17) is 10.5 Å². The molecule has 1 aromatic carbocycles. The number of carbonyl (C=O) groups excluding carboxylic acids is 1. The van der Waals surface area contributed by atoms with E-state index in [0.29, 0.717) is 6.54 Å². The summed E-state index contributed by atoms with van der Waals surface area (Å²) in [5.41, 5.74) is 7.62. The number of H-pyrrole nitrogens is 1. The number of aromatic nitrogens is 2. The van der Waals surface area contributed by atoms with Gasteiger partial charge in [0.05, 0.1) is 24.0 Å². The first-order valence-electron chi connectivity index (χ1n) is 8.47. The van der Waals surface area contributed by atoms with Crippen molar-refractivity contribution >= 4 is 5.91 Å². The number of rotatable bonds is 6. The Bertz CT molecular complexity index is 671. The predicted molar refractivity (Wildman–Crippen MR) is 92.1 cm³/mol. The van der Waals surface area contributed by atoms with Gasteiger partial charge in [-0.2, -0.15) is 0 Å². The minimum Gasteiger partial charge on any atom is -0.364 e. The SMILES string of the molecule is CCC(NC(=O)[C@@H]1CC[C@H](CN)O1)c1ncc(-c2ccccc2)[nH]1. The molecule has 0 spiro atoms. The number of nitrogens with zero attached hydrogens (tertiary/aromatic N) is 1. The van der Waals surface area contributed by atoms with E-state index in [-0.39, 0.29) is 18.1 Å². The van der Waals surface area contributed by atoms with Crippen molar-refractivity contribution in [1.29, 1.82) is 0 Å². The lowest BCUT2D eigenvalue weighted by molar-refractivity contribution is -0.132. The predicted octanol–water partition coefficient (Wildman–Crippen LogP) is 2.15. The highest BCUT2D eigenvalue weighted by Crippen LogP contribution is 2.23. The standard InChI is InChI=1S/C18H24N4O2/c1-2-14(22-18(23)16-9-8-13(10-19)24-16)17-20-11-15(21-17)12-6-4-3-5-7-12/h3-7,11,13-14,16H,2,8-10,19H2,1H3,(H,20,21)(H,22,23)/t13-,14?,16+/m1/s1. The highest BCUT2D eigenvalue weighted by molar-refractivity contribution is 5.81. The smallest absolute Gasteiger partial charge is 0.249 e. The molecule has 1 aliphatic rings. The minimum atomic E-state index is -0.406. The minimum absolute atomic E-state index is 0.00544. The fourth-order valence-corrected chi connectivity index (χ4v) is 2.98. The third kappa shape index (κ3) is 3.66. The molecule has 128 valence electrons. The maximum atomic E-state index is 12.4. The molecule has 1 fully saturated rings. The zero-order valence-corrected chi connectivity index (χ0v) is 13.9. The highest BCUT2D eigenvalue weighted by atomic mass is 16.5. The van der Waals surface area contributed by atoms with Gasteiger partial charge in [0.25, 0.3) is 0 Å². The van der Waals surface area contributed by atoms with Crippen molar-refractivity contribution in [3.8, 4) is 11.3 Å². The van der Waals surface area contributed by atoms with Gasteiger partial charge in [-0.3, -0.25) is 4.79 Å². The number of amides is 1. The van der Waals surface area contributed by atoms with E-state index < -0.39 is 6.10 Å². The van der Waals surface area contributed by atoms with Crippen LogP contribution >= 0.6 is 0 Å². The molecule has 2 heterocycles. The molecule has 1 unspecified atom stereocenters. The summed E-state index contributed by atoms with van der Waals surface area (Å²) in [6.45, 7) is 2.48. The van der Waals surface area contributed by atoms with Gasteiger partial charge in [-0.15, -0.1) is 0 Å². The quantitative estimate of drug-likeness (QED) is 0.757. The van der Waals surface area contributed by atoms with E-state index >= 15 is 0 Å². The molecule has 2 aromatic rings. The molecule has 24 heavy (non-hydrogen) atoms. The summed E-state index contributed by atoms with van der Waals surface area (Å²) in [7, 11) is 0. The van der Waals surface area contributed by atoms with Gasteiger partial charge in [0.2, 0.25) is 5.91 Å². The Kier molecular flexibility index (Phi) is 5.27. The Labute approximate surface area is 141 Å². The number of nitrogens with one attached hydrogen (secondary N) is 2. The van der Waals surface area contributed by atoms with Gasteiger partial charge in [-0.1, -0.05) is 37.3 Å². The maximum Gasteiger partial charge on any atom is 0.249 e. The van der Waals surface area contributed by atoms with E-state index in [1.807, 2.05) is 37.3 Å². The second-order valence-corrected chi connectivity index (χ2v) is 6.08. The topological polar surface area (TPSA) is 93.0 Å². The van der Waals surface area contributed by atoms with Crippen LogP contribution in [-0.2, 0) is 9.53 Å². The Hall–Kier alpha value is -2.18. The van der Waals surface area contributed by atoms with E-state index in [2.05, 4.69) is 15.3 Å². The Morgan fingerprint density at radius 2 is 2.21 bits per heavy atom. The number of aromatic amines is 1. The van der Waals surface area contributed by atoms with Gasteiger partial charge in [0.1, 0.15) is 11.9 Å². The average Bonchev–Trinajstić information content (AvgIpc) is 3.29.